The van der Waals surface area contributed by atoms with Crippen molar-refractivity contribution < 1.29 is 9.47 Å². The molecule has 1 fully saturated rings. The van der Waals surface area contributed by atoms with Crippen LogP contribution in [0.1, 0.15) is 0 Å². The Bertz CT molecular complexity index is 551. The van der Waals surface area contributed by atoms with Gasteiger partial charge >= 0.3 is 0 Å². The van der Waals surface area contributed by atoms with Crippen molar-refractivity contribution in [1.82, 2.24) is 4.90 Å². The van der Waals surface area contributed by atoms with Gasteiger partial charge in [-0.1, -0.05) is 18.2 Å². The summed E-state index contributed by atoms with van der Waals surface area (Å²) in [5.74, 6) is 1.71. The molecule has 4 nitrogen and oxygen atoms in total. The fourth-order valence-corrected chi connectivity index (χ4v) is 2.45. The first-order chi connectivity index (χ1) is 10.9. The summed E-state index contributed by atoms with van der Waals surface area (Å²) in [6, 6.07) is 17.9. The molecule has 4 heteroatoms. The van der Waals surface area contributed by atoms with E-state index < -0.39 is 0 Å². The van der Waals surface area contributed by atoms with E-state index in [1.807, 2.05) is 42.5 Å². The normalized spacial score (nSPS) is 15.5. The number of hydrogen-bond acceptors (Lipinski definition) is 4. The summed E-state index contributed by atoms with van der Waals surface area (Å²) < 4.78 is 11.1. The Morgan fingerprint density at radius 1 is 0.909 bits per heavy atom. The molecule has 0 bridgehead atoms. The van der Waals surface area contributed by atoms with E-state index in [0.717, 1.165) is 56.6 Å². The second-order valence-corrected chi connectivity index (χ2v) is 5.32. The van der Waals surface area contributed by atoms with E-state index in [4.69, 9.17) is 9.47 Å². The van der Waals surface area contributed by atoms with Crippen molar-refractivity contribution >= 4 is 5.69 Å². The van der Waals surface area contributed by atoms with Crippen molar-refractivity contribution in [2.45, 2.75) is 0 Å². The average molecular weight is 298 g/mol. The van der Waals surface area contributed by atoms with Crippen molar-refractivity contribution in [2.24, 2.45) is 0 Å². The monoisotopic (exact) mass is 298 g/mol. The van der Waals surface area contributed by atoms with Crippen LogP contribution < -0.4 is 10.1 Å². The summed E-state index contributed by atoms with van der Waals surface area (Å²) in [5, 5.41) is 3.44. The minimum atomic E-state index is 0.852. The van der Waals surface area contributed by atoms with Gasteiger partial charge in [0.2, 0.25) is 0 Å². The van der Waals surface area contributed by atoms with Crippen LogP contribution in [0.4, 0.5) is 5.69 Å². The Morgan fingerprint density at radius 3 is 2.32 bits per heavy atom. The fourth-order valence-electron chi connectivity index (χ4n) is 2.45. The highest BCUT2D eigenvalue weighted by Gasteiger charge is 2.09. The first kappa shape index (κ1) is 14.9. The third kappa shape index (κ3) is 4.48. The summed E-state index contributed by atoms with van der Waals surface area (Å²) in [7, 11) is 0. The molecule has 0 unspecified atom stereocenters. The molecule has 0 radical (unpaired) electrons. The van der Waals surface area contributed by atoms with Gasteiger partial charge in [0, 0.05) is 31.9 Å². The molecule has 0 atom stereocenters. The van der Waals surface area contributed by atoms with Crippen molar-refractivity contribution in [3.8, 4) is 11.5 Å². The lowest BCUT2D eigenvalue weighted by molar-refractivity contribution is 0.0398. The lowest BCUT2D eigenvalue weighted by Gasteiger charge is -2.26. The second-order valence-electron chi connectivity index (χ2n) is 5.32. The molecule has 0 aromatic heterocycles. The molecule has 22 heavy (non-hydrogen) atoms. The molecule has 0 spiro atoms. The van der Waals surface area contributed by atoms with Gasteiger partial charge in [0.25, 0.3) is 0 Å². The predicted octanol–water partition coefficient (Wildman–Crippen LogP) is 3.22. The standard InChI is InChI=1S/C18H22N2O2/c1-2-4-17(5-3-1)22-18-8-6-16(7-9-18)19-10-11-20-12-14-21-15-13-20/h1-9,19H,10-15H2. The number of anilines is 1. The van der Waals surface area contributed by atoms with Crippen LogP contribution in [0.5, 0.6) is 11.5 Å². The average Bonchev–Trinajstić information content (AvgIpc) is 2.58. The summed E-state index contributed by atoms with van der Waals surface area (Å²) in [5.41, 5.74) is 1.12. The highest BCUT2D eigenvalue weighted by Crippen LogP contribution is 2.22. The number of para-hydroxylation sites is 1. The van der Waals surface area contributed by atoms with Gasteiger partial charge in [0.05, 0.1) is 13.2 Å². The van der Waals surface area contributed by atoms with E-state index in [2.05, 4.69) is 22.3 Å². The molecule has 2 aromatic rings. The van der Waals surface area contributed by atoms with Crippen molar-refractivity contribution in [3.63, 3.8) is 0 Å². The van der Waals surface area contributed by atoms with Gasteiger partial charge in [-0.05, 0) is 36.4 Å². The molecule has 0 aliphatic carbocycles. The molecule has 2 aromatic carbocycles. The van der Waals surface area contributed by atoms with Crippen LogP contribution in [-0.2, 0) is 4.74 Å². The molecule has 1 aliphatic rings. The van der Waals surface area contributed by atoms with Crippen LogP contribution in [0.25, 0.3) is 0 Å². The largest absolute Gasteiger partial charge is 0.457 e. The molecule has 3 rings (SSSR count). The van der Waals surface area contributed by atoms with E-state index in [9.17, 15) is 0 Å². The number of benzene rings is 2. The van der Waals surface area contributed by atoms with Gasteiger partial charge in [-0.3, -0.25) is 4.90 Å². The third-order valence-electron chi connectivity index (χ3n) is 3.69. The van der Waals surface area contributed by atoms with Crippen LogP contribution in [0, 0.1) is 0 Å². The van der Waals surface area contributed by atoms with Crippen LogP contribution in [0.3, 0.4) is 0 Å². The van der Waals surface area contributed by atoms with Gasteiger partial charge in [-0.25, -0.2) is 0 Å². The molecule has 116 valence electrons. The van der Waals surface area contributed by atoms with Gasteiger partial charge in [0.15, 0.2) is 0 Å². The quantitative estimate of drug-likeness (QED) is 0.888. The topological polar surface area (TPSA) is 33.7 Å². The molecular weight excluding hydrogens is 276 g/mol. The summed E-state index contributed by atoms with van der Waals surface area (Å²) >= 11 is 0. The highest BCUT2D eigenvalue weighted by atomic mass is 16.5. The van der Waals surface area contributed by atoms with E-state index in [1.165, 1.54) is 0 Å². The Hall–Kier alpha value is -2.04. The number of ether oxygens (including phenoxy) is 2. The number of morpholine rings is 1. The van der Waals surface area contributed by atoms with E-state index in [1.54, 1.807) is 0 Å². The van der Waals surface area contributed by atoms with Gasteiger partial charge in [-0.15, -0.1) is 0 Å². The minimum absolute atomic E-state index is 0.852. The highest BCUT2D eigenvalue weighted by molar-refractivity contribution is 5.47. The molecule has 0 saturated carbocycles. The summed E-state index contributed by atoms with van der Waals surface area (Å²) in [6.45, 7) is 5.76. The zero-order valence-electron chi connectivity index (χ0n) is 12.7. The van der Waals surface area contributed by atoms with E-state index >= 15 is 0 Å². The summed E-state index contributed by atoms with van der Waals surface area (Å²) in [4.78, 5) is 2.42. The molecule has 1 heterocycles. The number of hydrogen-bond donors (Lipinski definition) is 1. The Morgan fingerprint density at radius 2 is 1.59 bits per heavy atom. The zero-order valence-corrected chi connectivity index (χ0v) is 12.7. The lowest BCUT2D eigenvalue weighted by atomic mass is 10.3. The Kier molecular flexibility index (Phi) is 5.29. The first-order valence-corrected chi connectivity index (χ1v) is 7.77. The van der Waals surface area contributed by atoms with Crippen LogP contribution in [0.15, 0.2) is 54.6 Å². The minimum Gasteiger partial charge on any atom is -0.457 e. The Labute approximate surface area is 131 Å². The maximum atomic E-state index is 5.78. The molecule has 1 saturated heterocycles. The van der Waals surface area contributed by atoms with Crippen molar-refractivity contribution in [2.75, 3.05) is 44.7 Å². The lowest BCUT2D eigenvalue weighted by Crippen LogP contribution is -2.38. The SMILES string of the molecule is c1ccc(Oc2ccc(NCCN3CCOCC3)cc2)cc1. The summed E-state index contributed by atoms with van der Waals surface area (Å²) in [6.07, 6.45) is 0. The van der Waals surface area contributed by atoms with Crippen LogP contribution in [0.2, 0.25) is 0 Å². The molecule has 0 amide bonds. The second kappa shape index (κ2) is 7.82. The fraction of sp³-hybridized carbons (Fsp3) is 0.333. The van der Waals surface area contributed by atoms with Crippen LogP contribution >= 0.6 is 0 Å². The molecule has 1 aliphatic heterocycles. The molecule has 1 N–H and O–H groups in total. The number of nitrogens with one attached hydrogen (secondary N) is 1. The molecular formula is C18H22N2O2. The number of nitrogens with zero attached hydrogens (tertiary/aromatic N) is 1. The first-order valence-electron chi connectivity index (χ1n) is 7.77. The van der Waals surface area contributed by atoms with E-state index in [-0.39, 0.29) is 0 Å². The predicted molar refractivity (Wildman–Crippen MR) is 88.7 cm³/mol. The smallest absolute Gasteiger partial charge is 0.127 e. The maximum absolute atomic E-state index is 5.78. The van der Waals surface area contributed by atoms with Crippen molar-refractivity contribution in [1.29, 1.82) is 0 Å². The zero-order chi connectivity index (χ0) is 15.0. The Balaban J connectivity index is 1.45. The van der Waals surface area contributed by atoms with Gasteiger partial charge < -0.3 is 14.8 Å². The number of rotatable bonds is 6. The maximum Gasteiger partial charge on any atom is 0.127 e. The van der Waals surface area contributed by atoms with E-state index in [0.29, 0.717) is 0 Å². The van der Waals surface area contributed by atoms with Gasteiger partial charge in [0.1, 0.15) is 11.5 Å². The van der Waals surface area contributed by atoms with Crippen LogP contribution in [-0.4, -0.2) is 44.3 Å². The van der Waals surface area contributed by atoms with Gasteiger partial charge in [-0.2, -0.15) is 0 Å². The van der Waals surface area contributed by atoms with Crippen molar-refractivity contribution in [3.05, 3.63) is 54.6 Å². The third-order valence-corrected chi connectivity index (χ3v) is 3.69.